The van der Waals surface area contributed by atoms with Crippen LogP contribution in [0.3, 0.4) is 0 Å². The second-order valence-corrected chi connectivity index (χ2v) is 10.2. The molecule has 2 aromatic heterocycles. The average molecular weight is 557 g/mol. The maximum Gasteiger partial charge on any atom is 0.435 e. The fourth-order valence-electron chi connectivity index (χ4n) is 4.95. The van der Waals surface area contributed by atoms with Gasteiger partial charge in [0.2, 0.25) is 0 Å². The van der Waals surface area contributed by atoms with Crippen LogP contribution in [0.15, 0.2) is 76.5 Å². The Morgan fingerprint density at radius 2 is 1.68 bits per heavy atom. The van der Waals surface area contributed by atoms with E-state index in [2.05, 4.69) is 48.0 Å². The fraction of sp³-hybridized carbons (Fsp3) is 0.214. The second-order valence-electron chi connectivity index (χ2n) is 9.25. The van der Waals surface area contributed by atoms with Gasteiger partial charge in [0.05, 0.1) is 11.1 Å². The van der Waals surface area contributed by atoms with Gasteiger partial charge in [-0.05, 0) is 35.9 Å². The molecule has 1 fully saturated rings. The number of hydrogen-bond donors (Lipinski definition) is 0. The lowest BCUT2D eigenvalue weighted by molar-refractivity contribution is 0.122. The van der Waals surface area contributed by atoms with E-state index in [-0.39, 0.29) is 0 Å². The number of piperazine rings is 1. The van der Waals surface area contributed by atoms with Crippen molar-refractivity contribution >= 4 is 50.3 Å². The molecule has 37 heavy (non-hydrogen) atoms. The van der Waals surface area contributed by atoms with Crippen LogP contribution in [0.5, 0.6) is 0 Å². The summed E-state index contributed by atoms with van der Waals surface area (Å²) in [5.41, 5.74) is 5.46. The molecule has 1 saturated heterocycles. The van der Waals surface area contributed by atoms with E-state index in [1.165, 1.54) is 4.90 Å². The summed E-state index contributed by atoms with van der Waals surface area (Å²) in [5.74, 6) is 1.83. The highest BCUT2D eigenvalue weighted by Gasteiger charge is 2.34. The molecule has 6 rings (SSSR count). The number of oxime groups is 1. The lowest BCUT2D eigenvalue weighted by Crippen LogP contribution is -2.47. The molecule has 2 aliphatic rings. The maximum absolute atomic E-state index is 12.3. The first kappa shape index (κ1) is 23.4. The Labute approximate surface area is 223 Å². The van der Waals surface area contributed by atoms with E-state index in [0.717, 1.165) is 75.4 Å². The van der Waals surface area contributed by atoms with E-state index in [1.807, 2.05) is 54.7 Å². The number of carbonyl (C=O) groups is 1. The number of halogens is 1. The first-order valence-electron chi connectivity index (χ1n) is 12.1. The second kappa shape index (κ2) is 9.48. The predicted molar refractivity (Wildman–Crippen MR) is 149 cm³/mol. The summed E-state index contributed by atoms with van der Waals surface area (Å²) < 4.78 is 0.975. The van der Waals surface area contributed by atoms with Crippen molar-refractivity contribution in [3.05, 3.63) is 82.5 Å². The molecular weight excluding hydrogens is 532 g/mol. The molecular formula is C28H25BrN6O2. The first-order valence-corrected chi connectivity index (χ1v) is 12.9. The minimum absolute atomic E-state index is 0.527. The molecule has 3 heterocycles. The number of rotatable bonds is 3. The minimum atomic E-state index is -0.527. The van der Waals surface area contributed by atoms with Crippen molar-refractivity contribution < 1.29 is 9.63 Å². The number of anilines is 2. The molecule has 0 unspecified atom stereocenters. The Hall–Kier alpha value is -3.98. The van der Waals surface area contributed by atoms with Crippen molar-refractivity contribution in [1.29, 1.82) is 0 Å². The lowest BCUT2D eigenvalue weighted by Gasteiger charge is -2.37. The van der Waals surface area contributed by atoms with Gasteiger partial charge >= 0.3 is 6.09 Å². The van der Waals surface area contributed by atoms with Gasteiger partial charge in [-0.15, -0.1) is 0 Å². The van der Waals surface area contributed by atoms with Gasteiger partial charge in [-0.1, -0.05) is 51.4 Å². The molecule has 0 spiro atoms. The van der Waals surface area contributed by atoms with E-state index in [9.17, 15) is 4.79 Å². The molecule has 0 bridgehead atoms. The van der Waals surface area contributed by atoms with Crippen molar-refractivity contribution in [2.45, 2.75) is 0 Å². The van der Waals surface area contributed by atoms with Crippen LogP contribution in [0.1, 0.15) is 11.1 Å². The molecule has 4 aromatic rings. The van der Waals surface area contributed by atoms with Gasteiger partial charge in [0.15, 0.2) is 0 Å². The SMILES string of the molecule is CN(C)C(=O)ON=C1c2ccccc2-c2c1c(N1CCN(c3ccccn3)CC1)nc1ccc(Br)cc21. The number of carbonyl (C=O) groups excluding carboxylic acids is 1. The van der Waals surface area contributed by atoms with Gasteiger partial charge < -0.3 is 14.7 Å². The zero-order valence-corrected chi connectivity index (χ0v) is 22.1. The number of pyridine rings is 2. The van der Waals surface area contributed by atoms with Crippen LogP contribution in [-0.4, -0.2) is 66.9 Å². The third-order valence-electron chi connectivity index (χ3n) is 6.75. The largest absolute Gasteiger partial charge is 0.435 e. The van der Waals surface area contributed by atoms with Gasteiger partial charge in [0, 0.05) is 67.5 Å². The summed E-state index contributed by atoms with van der Waals surface area (Å²) in [6.07, 6.45) is 1.30. The van der Waals surface area contributed by atoms with E-state index in [0.29, 0.717) is 5.71 Å². The Morgan fingerprint density at radius 1 is 0.946 bits per heavy atom. The Bertz CT molecular complexity index is 1530. The number of benzene rings is 2. The molecule has 0 radical (unpaired) electrons. The summed E-state index contributed by atoms with van der Waals surface area (Å²) in [6.45, 7) is 3.19. The topological polar surface area (TPSA) is 74.2 Å². The third-order valence-corrected chi connectivity index (χ3v) is 7.24. The quantitative estimate of drug-likeness (QED) is 0.226. The zero-order chi connectivity index (χ0) is 25.5. The highest BCUT2D eigenvalue weighted by molar-refractivity contribution is 9.10. The third kappa shape index (κ3) is 4.19. The van der Waals surface area contributed by atoms with Gasteiger partial charge in [0.1, 0.15) is 17.3 Å². The molecule has 2 aromatic carbocycles. The maximum atomic E-state index is 12.3. The molecule has 0 atom stereocenters. The molecule has 0 N–H and O–H groups in total. The van der Waals surface area contributed by atoms with Crippen LogP contribution >= 0.6 is 15.9 Å². The molecule has 1 aliphatic carbocycles. The van der Waals surface area contributed by atoms with Gasteiger partial charge in [-0.25, -0.2) is 14.8 Å². The predicted octanol–water partition coefficient (Wildman–Crippen LogP) is 5.15. The van der Waals surface area contributed by atoms with Crippen LogP contribution in [-0.2, 0) is 4.84 Å². The first-order chi connectivity index (χ1) is 18.0. The van der Waals surface area contributed by atoms with Crippen molar-refractivity contribution in [1.82, 2.24) is 14.9 Å². The van der Waals surface area contributed by atoms with E-state index >= 15 is 0 Å². The van der Waals surface area contributed by atoms with E-state index < -0.39 is 6.09 Å². The summed E-state index contributed by atoms with van der Waals surface area (Å²) in [5, 5.41) is 5.43. The Kier molecular flexibility index (Phi) is 6.00. The normalized spacial score (nSPS) is 15.6. The summed E-state index contributed by atoms with van der Waals surface area (Å²) in [4.78, 5) is 33.3. The van der Waals surface area contributed by atoms with Crippen LogP contribution in [0.4, 0.5) is 16.4 Å². The van der Waals surface area contributed by atoms with Crippen molar-refractivity contribution in [3.63, 3.8) is 0 Å². The molecule has 1 amide bonds. The smallest absolute Gasteiger partial charge is 0.353 e. The molecule has 9 heteroatoms. The van der Waals surface area contributed by atoms with Crippen molar-refractivity contribution in [2.75, 3.05) is 50.1 Å². The standard InChI is InChI=1S/C28H25BrN6O2/c1-33(2)28(36)37-32-26-20-8-4-3-7-19(20)24-21-17-18(29)10-11-22(21)31-27(25(24)26)35-15-13-34(14-16-35)23-9-5-6-12-30-23/h3-12,17H,13-16H2,1-2H3. The monoisotopic (exact) mass is 556 g/mol. The van der Waals surface area contributed by atoms with Crippen LogP contribution in [0.25, 0.3) is 22.0 Å². The Balaban J connectivity index is 1.49. The molecule has 0 saturated carbocycles. The minimum Gasteiger partial charge on any atom is -0.353 e. The average Bonchev–Trinajstić information content (AvgIpc) is 3.26. The summed E-state index contributed by atoms with van der Waals surface area (Å²) in [6, 6.07) is 20.2. The number of amides is 1. The summed E-state index contributed by atoms with van der Waals surface area (Å²) in [7, 11) is 3.27. The molecule has 1 aliphatic heterocycles. The van der Waals surface area contributed by atoms with Crippen LogP contribution < -0.4 is 9.80 Å². The van der Waals surface area contributed by atoms with E-state index in [1.54, 1.807) is 14.1 Å². The van der Waals surface area contributed by atoms with Crippen molar-refractivity contribution in [2.24, 2.45) is 5.16 Å². The van der Waals surface area contributed by atoms with Crippen LogP contribution in [0.2, 0.25) is 0 Å². The zero-order valence-electron chi connectivity index (χ0n) is 20.6. The van der Waals surface area contributed by atoms with E-state index in [4.69, 9.17) is 9.82 Å². The Morgan fingerprint density at radius 3 is 2.41 bits per heavy atom. The highest BCUT2D eigenvalue weighted by atomic mass is 79.9. The molecule has 186 valence electrons. The number of nitrogens with zero attached hydrogens (tertiary/aromatic N) is 6. The number of fused-ring (bicyclic) bond motifs is 5. The van der Waals surface area contributed by atoms with Gasteiger partial charge in [-0.3, -0.25) is 4.84 Å². The van der Waals surface area contributed by atoms with Gasteiger partial charge in [0.25, 0.3) is 0 Å². The summed E-state index contributed by atoms with van der Waals surface area (Å²) >= 11 is 3.63. The van der Waals surface area contributed by atoms with Crippen LogP contribution in [0, 0.1) is 0 Å². The molecule has 8 nitrogen and oxygen atoms in total. The lowest BCUT2D eigenvalue weighted by atomic mass is 10.0. The highest BCUT2D eigenvalue weighted by Crippen LogP contribution is 2.45. The van der Waals surface area contributed by atoms with Gasteiger partial charge in [-0.2, -0.15) is 0 Å². The van der Waals surface area contributed by atoms with Crippen molar-refractivity contribution in [3.8, 4) is 11.1 Å². The number of aromatic nitrogens is 2. The number of hydrogen-bond acceptors (Lipinski definition) is 7. The fourth-order valence-corrected chi connectivity index (χ4v) is 5.31.